The maximum Gasteiger partial charge on any atom is 0.158 e. The van der Waals surface area contributed by atoms with E-state index in [1.807, 2.05) is 0 Å². The molecule has 0 aromatic heterocycles. The van der Waals surface area contributed by atoms with Crippen molar-refractivity contribution in [1.29, 1.82) is 0 Å². The van der Waals surface area contributed by atoms with Crippen LogP contribution in [0.1, 0.15) is 0 Å². The minimum absolute atomic E-state index is 0.292. The first-order chi connectivity index (χ1) is 4.92. The van der Waals surface area contributed by atoms with Crippen molar-refractivity contribution in [2.75, 3.05) is 32.3 Å². The molecule has 0 saturated carbocycles. The molecule has 0 aromatic rings. The SMILES string of the molecule is O=PCC(N1CC1)N1CC1. The maximum absolute atomic E-state index is 10.3. The summed E-state index contributed by atoms with van der Waals surface area (Å²) in [6.45, 7) is 4.82. The third-order valence-corrected chi connectivity index (χ3v) is 2.52. The summed E-state index contributed by atoms with van der Waals surface area (Å²) in [5.74, 6) is 0. The largest absolute Gasteiger partial charge is 0.285 e. The van der Waals surface area contributed by atoms with E-state index in [-0.39, 0.29) is 0 Å². The number of rotatable bonds is 4. The van der Waals surface area contributed by atoms with Crippen molar-refractivity contribution in [3.05, 3.63) is 0 Å². The van der Waals surface area contributed by atoms with Crippen LogP contribution in [0.4, 0.5) is 0 Å². The summed E-state index contributed by atoms with van der Waals surface area (Å²) in [7, 11) is 0.292. The second kappa shape index (κ2) is 2.57. The molecule has 3 nitrogen and oxygen atoms in total. The Labute approximate surface area is 62.2 Å². The zero-order valence-corrected chi connectivity index (χ0v) is 6.76. The van der Waals surface area contributed by atoms with Crippen molar-refractivity contribution in [2.45, 2.75) is 6.17 Å². The fraction of sp³-hybridized carbons (Fsp3) is 1.00. The predicted octanol–water partition coefficient (Wildman–Crippen LogP) is 0.235. The number of nitrogens with zero attached hydrogens (tertiary/aromatic N) is 2. The zero-order valence-electron chi connectivity index (χ0n) is 5.86. The second-order valence-corrected chi connectivity index (χ2v) is 3.49. The van der Waals surface area contributed by atoms with Gasteiger partial charge in [0.2, 0.25) is 0 Å². The number of hydrogen-bond acceptors (Lipinski definition) is 3. The molecule has 2 aliphatic heterocycles. The van der Waals surface area contributed by atoms with Gasteiger partial charge < -0.3 is 0 Å². The predicted molar refractivity (Wildman–Crippen MR) is 39.4 cm³/mol. The molecule has 56 valence electrons. The average molecular weight is 158 g/mol. The van der Waals surface area contributed by atoms with E-state index in [0.717, 1.165) is 6.16 Å². The third-order valence-electron chi connectivity index (χ3n) is 2.04. The second-order valence-electron chi connectivity index (χ2n) is 2.86. The summed E-state index contributed by atoms with van der Waals surface area (Å²) in [5, 5.41) is 0. The highest BCUT2D eigenvalue weighted by Crippen LogP contribution is 2.22. The van der Waals surface area contributed by atoms with Gasteiger partial charge in [0.05, 0.1) is 12.3 Å². The molecule has 0 bridgehead atoms. The Kier molecular flexibility index (Phi) is 1.73. The molecule has 0 atom stereocenters. The molecule has 2 fully saturated rings. The molecule has 2 heterocycles. The van der Waals surface area contributed by atoms with Crippen LogP contribution in [-0.4, -0.2) is 48.3 Å². The summed E-state index contributed by atoms with van der Waals surface area (Å²) < 4.78 is 10.3. The molecule has 10 heavy (non-hydrogen) atoms. The summed E-state index contributed by atoms with van der Waals surface area (Å²) in [4.78, 5) is 4.72. The van der Waals surface area contributed by atoms with Gasteiger partial charge in [0.25, 0.3) is 0 Å². The van der Waals surface area contributed by atoms with Crippen molar-refractivity contribution in [3.8, 4) is 0 Å². The minimum Gasteiger partial charge on any atom is -0.285 e. The topological polar surface area (TPSA) is 23.1 Å². The van der Waals surface area contributed by atoms with E-state index in [0.29, 0.717) is 14.6 Å². The van der Waals surface area contributed by atoms with Gasteiger partial charge in [0.15, 0.2) is 8.46 Å². The molecule has 2 rings (SSSR count). The summed E-state index contributed by atoms with van der Waals surface area (Å²) in [6, 6.07) is 0. The smallest absolute Gasteiger partial charge is 0.158 e. The Morgan fingerprint density at radius 1 is 1.20 bits per heavy atom. The minimum atomic E-state index is 0.292. The van der Waals surface area contributed by atoms with E-state index in [4.69, 9.17) is 0 Å². The average Bonchev–Trinajstić information content (AvgIpc) is 2.77. The fourth-order valence-electron chi connectivity index (χ4n) is 1.24. The Morgan fingerprint density at radius 3 is 2.00 bits per heavy atom. The zero-order chi connectivity index (χ0) is 6.97. The molecule has 0 aliphatic carbocycles. The molecule has 2 saturated heterocycles. The first-order valence-electron chi connectivity index (χ1n) is 3.69. The quantitative estimate of drug-likeness (QED) is 0.432. The lowest BCUT2D eigenvalue weighted by molar-refractivity contribution is 0.275. The van der Waals surface area contributed by atoms with Crippen LogP contribution in [0.3, 0.4) is 0 Å². The van der Waals surface area contributed by atoms with Gasteiger partial charge in [-0.15, -0.1) is 0 Å². The number of hydrogen-bond donors (Lipinski definition) is 0. The molecule has 0 radical (unpaired) electrons. The van der Waals surface area contributed by atoms with E-state index in [1.165, 1.54) is 26.2 Å². The van der Waals surface area contributed by atoms with Gasteiger partial charge in [-0.05, 0) is 0 Å². The highest BCUT2D eigenvalue weighted by molar-refractivity contribution is 7.23. The van der Waals surface area contributed by atoms with E-state index in [2.05, 4.69) is 9.80 Å². The monoisotopic (exact) mass is 158 g/mol. The van der Waals surface area contributed by atoms with Crippen molar-refractivity contribution in [2.24, 2.45) is 0 Å². The van der Waals surface area contributed by atoms with Crippen LogP contribution in [0, 0.1) is 0 Å². The third kappa shape index (κ3) is 1.36. The van der Waals surface area contributed by atoms with Gasteiger partial charge in [-0.2, -0.15) is 0 Å². The molecule has 0 N–H and O–H groups in total. The van der Waals surface area contributed by atoms with Gasteiger partial charge in [0.1, 0.15) is 0 Å². The lowest BCUT2D eigenvalue weighted by atomic mass is 10.5. The van der Waals surface area contributed by atoms with E-state index >= 15 is 0 Å². The van der Waals surface area contributed by atoms with Crippen LogP contribution >= 0.6 is 8.46 Å². The molecule has 0 aromatic carbocycles. The van der Waals surface area contributed by atoms with Crippen LogP contribution in [0.15, 0.2) is 0 Å². The van der Waals surface area contributed by atoms with Crippen LogP contribution in [-0.2, 0) is 4.57 Å². The molecule has 0 unspecified atom stereocenters. The van der Waals surface area contributed by atoms with Crippen molar-refractivity contribution < 1.29 is 4.57 Å². The first kappa shape index (κ1) is 6.71. The van der Waals surface area contributed by atoms with Gasteiger partial charge in [0, 0.05) is 26.2 Å². The lowest BCUT2D eigenvalue weighted by Crippen LogP contribution is -2.29. The van der Waals surface area contributed by atoms with Crippen molar-refractivity contribution in [1.82, 2.24) is 9.80 Å². The Morgan fingerprint density at radius 2 is 1.70 bits per heavy atom. The molecule has 2 aliphatic rings. The molecule has 0 amide bonds. The van der Waals surface area contributed by atoms with E-state index in [9.17, 15) is 4.57 Å². The fourth-order valence-corrected chi connectivity index (χ4v) is 1.84. The Hall–Kier alpha value is 0.0200. The van der Waals surface area contributed by atoms with Crippen LogP contribution in [0.5, 0.6) is 0 Å². The van der Waals surface area contributed by atoms with Gasteiger partial charge in [-0.3, -0.25) is 14.4 Å². The van der Waals surface area contributed by atoms with Crippen molar-refractivity contribution >= 4 is 8.46 Å². The van der Waals surface area contributed by atoms with E-state index in [1.54, 1.807) is 0 Å². The van der Waals surface area contributed by atoms with Crippen LogP contribution in [0.25, 0.3) is 0 Å². The Balaban J connectivity index is 1.85. The Bertz CT molecular complexity index is 133. The molecular weight excluding hydrogens is 147 g/mol. The summed E-state index contributed by atoms with van der Waals surface area (Å²) in [6.07, 6.45) is 1.29. The standard InChI is InChI=1S/C6H11N2OP/c9-10-5-6(7-1-2-7)8-3-4-8/h6H,1-5H2. The van der Waals surface area contributed by atoms with Gasteiger partial charge in [-0.1, -0.05) is 0 Å². The normalized spacial score (nSPS) is 26.1. The maximum atomic E-state index is 10.3. The van der Waals surface area contributed by atoms with Crippen LogP contribution < -0.4 is 0 Å². The van der Waals surface area contributed by atoms with Gasteiger partial charge in [-0.25, -0.2) is 0 Å². The van der Waals surface area contributed by atoms with Gasteiger partial charge >= 0.3 is 0 Å². The van der Waals surface area contributed by atoms with Crippen molar-refractivity contribution in [3.63, 3.8) is 0 Å². The van der Waals surface area contributed by atoms with E-state index < -0.39 is 0 Å². The van der Waals surface area contributed by atoms with Crippen LogP contribution in [0.2, 0.25) is 0 Å². The summed E-state index contributed by atoms with van der Waals surface area (Å²) >= 11 is 0. The molecule has 0 spiro atoms. The highest BCUT2D eigenvalue weighted by Gasteiger charge is 2.36. The lowest BCUT2D eigenvalue weighted by Gasteiger charge is -2.14. The molecular formula is C6H11N2OP. The highest BCUT2D eigenvalue weighted by atomic mass is 31.1. The first-order valence-corrected chi connectivity index (χ1v) is 4.69. The summed E-state index contributed by atoms with van der Waals surface area (Å²) in [5.41, 5.74) is 0. The molecule has 4 heteroatoms.